The van der Waals surface area contributed by atoms with Gasteiger partial charge in [-0.05, 0) is 19.1 Å². The van der Waals surface area contributed by atoms with E-state index in [1.807, 2.05) is 31.2 Å². The molecular formula is C12H15NO3. The third-order valence-electron chi connectivity index (χ3n) is 2.71. The van der Waals surface area contributed by atoms with Crippen molar-refractivity contribution in [2.75, 3.05) is 6.54 Å². The average molecular weight is 221 g/mol. The number of carboxylic acids is 1. The molecule has 1 heterocycles. The summed E-state index contributed by atoms with van der Waals surface area (Å²) in [7, 11) is 0. The van der Waals surface area contributed by atoms with Gasteiger partial charge in [0, 0.05) is 13.0 Å². The topological polar surface area (TPSA) is 58.6 Å². The van der Waals surface area contributed by atoms with Crippen molar-refractivity contribution in [1.82, 2.24) is 5.32 Å². The molecule has 1 fully saturated rings. The third-order valence-corrected chi connectivity index (χ3v) is 2.71. The van der Waals surface area contributed by atoms with E-state index in [0.29, 0.717) is 13.0 Å². The minimum Gasteiger partial charge on any atom is -0.489 e. The molecule has 0 saturated carbocycles. The molecule has 0 bridgehead atoms. The molecule has 1 saturated heterocycles. The second-order valence-corrected chi connectivity index (χ2v) is 4.09. The van der Waals surface area contributed by atoms with Crippen molar-refractivity contribution in [3.05, 3.63) is 29.8 Å². The van der Waals surface area contributed by atoms with Crippen molar-refractivity contribution in [3.63, 3.8) is 0 Å². The summed E-state index contributed by atoms with van der Waals surface area (Å²) in [6, 6.07) is 7.29. The molecule has 1 aromatic rings. The predicted octanol–water partition coefficient (Wildman–Crippen LogP) is 1.19. The molecule has 4 nitrogen and oxygen atoms in total. The maximum atomic E-state index is 10.7. The zero-order valence-electron chi connectivity index (χ0n) is 9.14. The van der Waals surface area contributed by atoms with E-state index in [2.05, 4.69) is 5.32 Å². The lowest BCUT2D eigenvalue weighted by Crippen LogP contribution is -2.30. The number of benzene rings is 1. The maximum Gasteiger partial charge on any atom is 0.320 e. The summed E-state index contributed by atoms with van der Waals surface area (Å²) in [5.74, 6) is -0.0153. The van der Waals surface area contributed by atoms with Crippen LogP contribution < -0.4 is 10.1 Å². The smallest absolute Gasteiger partial charge is 0.320 e. The second kappa shape index (κ2) is 4.53. The highest BCUT2D eigenvalue weighted by atomic mass is 16.5. The van der Waals surface area contributed by atoms with Gasteiger partial charge in [-0.1, -0.05) is 17.7 Å². The van der Waals surface area contributed by atoms with E-state index >= 15 is 0 Å². The lowest BCUT2D eigenvalue weighted by atomic mass is 10.2. The van der Waals surface area contributed by atoms with Crippen molar-refractivity contribution < 1.29 is 14.6 Å². The van der Waals surface area contributed by atoms with Crippen molar-refractivity contribution in [1.29, 1.82) is 0 Å². The van der Waals surface area contributed by atoms with E-state index in [-0.39, 0.29) is 6.10 Å². The quantitative estimate of drug-likeness (QED) is 0.805. The van der Waals surface area contributed by atoms with Gasteiger partial charge in [0.1, 0.15) is 17.9 Å². The summed E-state index contributed by atoms with van der Waals surface area (Å²) < 4.78 is 5.68. The van der Waals surface area contributed by atoms with Crippen LogP contribution in [0.2, 0.25) is 0 Å². The van der Waals surface area contributed by atoms with Crippen LogP contribution in [-0.4, -0.2) is 29.8 Å². The summed E-state index contributed by atoms with van der Waals surface area (Å²) in [4.78, 5) is 10.7. The van der Waals surface area contributed by atoms with Crippen LogP contribution in [0.5, 0.6) is 5.75 Å². The Morgan fingerprint density at radius 1 is 1.44 bits per heavy atom. The summed E-state index contributed by atoms with van der Waals surface area (Å²) >= 11 is 0. The Labute approximate surface area is 94.2 Å². The molecule has 2 atom stereocenters. The first-order valence-corrected chi connectivity index (χ1v) is 5.34. The van der Waals surface area contributed by atoms with Gasteiger partial charge in [-0.2, -0.15) is 0 Å². The van der Waals surface area contributed by atoms with Crippen molar-refractivity contribution in [2.24, 2.45) is 0 Å². The molecule has 2 rings (SSSR count). The lowest BCUT2D eigenvalue weighted by molar-refractivity contribution is -0.139. The molecule has 1 aromatic carbocycles. The zero-order valence-corrected chi connectivity index (χ0v) is 9.14. The van der Waals surface area contributed by atoms with Gasteiger partial charge >= 0.3 is 5.97 Å². The number of nitrogens with one attached hydrogen (secondary N) is 1. The van der Waals surface area contributed by atoms with Gasteiger partial charge in [0.2, 0.25) is 0 Å². The van der Waals surface area contributed by atoms with Crippen LogP contribution in [-0.2, 0) is 4.79 Å². The minimum absolute atomic E-state index is 0.0520. The number of carboxylic acid groups (broad SMARTS) is 1. The number of carbonyl (C=O) groups is 1. The molecule has 0 aromatic heterocycles. The SMILES string of the molecule is Cc1ccc(O[C@H]2CN[C@H](C(=O)O)C2)cc1. The number of rotatable bonds is 3. The molecule has 0 aliphatic carbocycles. The number of hydrogen-bond donors (Lipinski definition) is 2. The van der Waals surface area contributed by atoms with E-state index in [1.54, 1.807) is 0 Å². The molecule has 0 spiro atoms. The first-order chi connectivity index (χ1) is 7.65. The minimum atomic E-state index is -0.810. The average Bonchev–Trinajstić information content (AvgIpc) is 2.70. The molecule has 86 valence electrons. The van der Waals surface area contributed by atoms with Crippen LogP contribution >= 0.6 is 0 Å². The van der Waals surface area contributed by atoms with Crippen molar-refractivity contribution in [2.45, 2.75) is 25.5 Å². The van der Waals surface area contributed by atoms with Crippen LogP contribution in [0.25, 0.3) is 0 Å². The number of ether oxygens (including phenoxy) is 1. The Morgan fingerprint density at radius 3 is 2.69 bits per heavy atom. The Hall–Kier alpha value is -1.55. The zero-order chi connectivity index (χ0) is 11.5. The normalized spacial score (nSPS) is 24.3. The molecule has 0 radical (unpaired) electrons. The summed E-state index contributed by atoms with van der Waals surface area (Å²) in [5, 5.41) is 11.7. The largest absolute Gasteiger partial charge is 0.489 e. The Morgan fingerprint density at radius 2 is 2.12 bits per heavy atom. The summed E-state index contributed by atoms with van der Waals surface area (Å²) in [5.41, 5.74) is 1.18. The molecule has 16 heavy (non-hydrogen) atoms. The predicted molar refractivity (Wildman–Crippen MR) is 59.6 cm³/mol. The molecule has 2 N–H and O–H groups in total. The standard InChI is InChI=1S/C12H15NO3/c1-8-2-4-9(5-3-8)16-10-6-11(12(14)15)13-7-10/h2-5,10-11,13H,6-7H2,1H3,(H,14,15)/t10-,11+/m1/s1. The van der Waals surface area contributed by atoms with Gasteiger partial charge in [0.25, 0.3) is 0 Å². The fourth-order valence-electron chi connectivity index (χ4n) is 1.79. The molecule has 0 amide bonds. The van der Waals surface area contributed by atoms with Crippen LogP contribution in [0, 0.1) is 6.92 Å². The highest BCUT2D eigenvalue weighted by Crippen LogP contribution is 2.17. The fraction of sp³-hybridized carbons (Fsp3) is 0.417. The van der Waals surface area contributed by atoms with Crippen molar-refractivity contribution in [3.8, 4) is 5.75 Å². The second-order valence-electron chi connectivity index (χ2n) is 4.09. The van der Waals surface area contributed by atoms with Gasteiger partial charge in [-0.3, -0.25) is 4.79 Å². The van der Waals surface area contributed by atoms with Gasteiger partial charge in [0.15, 0.2) is 0 Å². The first kappa shape index (κ1) is 11.0. The van der Waals surface area contributed by atoms with E-state index in [9.17, 15) is 4.79 Å². The number of aryl methyl sites for hydroxylation is 1. The van der Waals surface area contributed by atoms with Gasteiger partial charge in [-0.25, -0.2) is 0 Å². The summed E-state index contributed by atoms with van der Waals surface area (Å²) in [6.45, 7) is 2.60. The molecule has 1 aliphatic rings. The molecule has 1 aliphatic heterocycles. The number of hydrogen-bond acceptors (Lipinski definition) is 3. The highest BCUT2D eigenvalue weighted by Gasteiger charge is 2.30. The number of aliphatic carboxylic acids is 1. The third kappa shape index (κ3) is 2.52. The van der Waals surface area contributed by atoms with Gasteiger partial charge < -0.3 is 15.2 Å². The Kier molecular flexibility index (Phi) is 3.10. The molecule has 4 heteroatoms. The van der Waals surface area contributed by atoms with E-state index < -0.39 is 12.0 Å². The fourth-order valence-corrected chi connectivity index (χ4v) is 1.79. The highest BCUT2D eigenvalue weighted by molar-refractivity contribution is 5.73. The molecular weight excluding hydrogens is 206 g/mol. The van der Waals surface area contributed by atoms with E-state index in [1.165, 1.54) is 5.56 Å². The molecule has 0 unspecified atom stereocenters. The van der Waals surface area contributed by atoms with Crippen LogP contribution in [0.3, 0.4) is 0 Å². The van der Waals surface area contributed by atoms with E-state index in [4.69, 9.17) is 9.84 Å². The van der Waals surface area contributed by atoms with Crippen LogP contribution in [0.4, 0.5) is 0 Å². The van der Waals surface area contributed by atoms with E-state index in [0.717, 1.165) is 5.75 Å². The Bertz CT molecular complexity index is 374. The van der Waals surface area contributed by atoms with Gasteiger partial charge in [-0.15, -0.1) is 0 Å². The monoisotopic (exact) mass is 221 g/mol. The lowest BCUT2D eigenvalue weighted by Gasteiger charge is -2.12. The maximum absolute atomic E-state index is 10.7. The van der Waals surface area contributed by atoms with Crippen LogP contribution in [0.1, 0.15) is 12.0 Å². The Balaban J connectivity index is 1.92. The van der Waals surface area contributed by atoms with Crippen molar-refractivity contribution >= 4 is 5.97 Å². The summed E-state index contributed by atoms with van der Waals surface area (Å²) in [6.07, 6.45) is 0.465. The van der Waals surface area contributed by atoms with Gasteiger partial charge in [0.05, 0.1) is 0 Å². The first-order valence-electron chi connectivity index (χ1n) is 5.34. The van der Waals surface area contributed by atoms with Crippen LogP contribution in [0.15, 0.2) is 24.3 Å².